The van der Waals surface area contributed by atoms with Crippen LogP contribution in [-0.4, -0.2) is 16.6 Å². The van der Waals surface area contributed by atoms with Crippen LogP contribution in [0.2, 0.25) is 5.02 Å². The summed E-state index contributed by atoms with van der Waals surface area (Å²) in [5.74, 6) is 0. The van der Waals surface area contributed by atoms with Crippen LogP contribution >= 0.6 is 23.8 Å². The van der Waals surface area contributed by atoms with Crippen molar-refractivity contribution in [3.63, 3.8) is 0 Å². The molecule has 0 unspecified atom stereocenters. The van der Waals surface area contributed by atoms with Crippen molar-refractivity contribution >= 4 is 34.6 Å². The Labute approximate surface area is 129 Å². The van der Waals surface area contributed by atoms with E-state index in [2.05, 4.69) is 21.7 Å². The number of pyridine rings is 1. The van der Waals surface area contributed by atoms with Gasteiger partial charge in [-0.2, -0.15) is 0 Å². The second-order valence-corrected chi connectivity index (χ2v) is 5.13. The van der Waals surface area contributed by atoms with Gasteiger partial charge in [0, 0.05) is 17.8 Å². The number of thiocarbonyl (C=S) groups is 1. The molecular formula is C15H16ClN3S. The van der Waals surface area contributed by atoms with E-state index in [1.807, 2.05) is 30.3 Å². The number of anilines is 1. The second kappa shape index (κ2) is 7.82. The van der Waals surface area contributed by atoms with E-state index in [1.165, 1.54) is 5.56 Å². The highest BCUT2D eigenvalue weighted by molar-refractivity contribution is 7.80. The molecule has 0 fully saturated rings. The van der Waals surface area contributed by atoms with Crippen LogP contribution in [0.3, 0.4) is 0 Å². The lowest BCUT2D eigenvalue weighted by atomic mass is 10.1. The van der Waals surface area contributed by atoms with E-state index in [4.69, 9.17) is 23.8 Å². The monoisotopic (exact) mass is 305 g/mol. The first-order chi connectivity index (χ1) is 9.75. The Morgan fingerprint density at radius 2 is 2.05 bits per heavy atom. The minimum atomic E-state index is 0.608. The standard InChI is InChI=1S/C15H16ClN3S/c16-14-8-2-1-5-12(14)6-3-10-18-15(20)19-13-7-4-9-17-11-13/h1-2,4-5,7-9,11H,3,6,10H2,(H2,18,19,20). The third kappa shape index (κ3) is 4.79. The molecular weight excluding hydrogens is 290 g/mol. The third-order valence-electron chi connectivity index (χ3n) is 2.79. The van der Waals surface area contributed by atoms with E-state index >= 15 is 0 Å². The number of aryl methyl sites for hydroxylation is 1. The second-order valence-electron chi connectivity index (χ2n) is 4.32. The normalized spacial score (nSPS) is 10.1. The van der Waals surface area contributed by atoms with Crippen LogP contribution in [-0.2, 0) is 6.42 Å². The minimum Gasteiger partial charge on any atom is -0.362 e. The zero-order valence-electron chi connectivity index (χ0n) is 11.0. The van der Waals surface area contributed by atoms with Crippen LogP contribution in [0.5, 0.6) is 0 Å². The van der Waals surface area contributed by atoms with Crippen LogP contribution in [0.1, 0.15) is 12.0 Å². The number of hydrogen-bond acceptors (Lipinski definition) is 2. The van der Waals surface area contributed by atoms with Crippen LogP contribution in [0, 0.1) is 0 Å². The van der Waals surface area contributed by atoms with Crippen molar-refractivity contribution in [2.24, 2.45) is 0 Å². The quantitative estimate of drug-likeness (QED) is 0.653. The van der Waals surface area contributed by atoms with Gasteiger partial charge in [-0.1, -0.05) is 29.8 Å². The van der Waals surface area contributed by atoms with Crippen molar-refractivity contribution in [3.05, 3.63) is 59.4 Å². The Balaban J connectivity index is 1.69. The van der Waals surface area contributed by atoms with Crippen molar-refractivity contribution in [2.45, 2.75) is 12.8 Å². The molecule has 0 aliphatic carbocycles. The van der Waals surface area contributed by atoms with E-state index < -0.39 is 0 Å². The molecule has 1 aromatic carbocycles. The van der Waals surface area contributed by atoms with Crippen LogP contribution in [0.15, 0.2) is 48.8 Å². The fraction of sp³-hybridized carbons (Fsp3) is 0.200. The molecule has 2 N–H and O–H groups in total. The summed E-state index contributed by atoms with van der Waals surface area (Å²) in [7, 11) is 0. The lowest BCUT2D eigenvalue weighted by molar-refractivity contribution is 0.777. The zero-order valence-corrected chi connectivity index (χ0v) is 12.5. The Morgan fingerprint density at radius 3 is 2.80 bits per heavy atom. The molecule has 5 heteroatoms. The highest BCUT2D eigenvalue weighted by Gasteiger charge is 2.00. The Hall–Kier alpha value is -1.65. The van der Waals surface area contributed by atoms with Gasteiger partial charge in [-0.05, 0) is 48.8 Å². The van der Waals surface area contributed by atoms with Gasteiger partial charge in [-0.15, -0.1) is 0 Å². The Kier molecular flexibility index (Phi) is 5.77. The molecule has 0 aliphatic heterocycles. The maximum atomic E-state index is 6.11. The van der Waals surface area contributed by atoms with Gasteiger partial charge in [0.05, 0.1) is 11.9 Å². The van der Waals surface area contributed by atoms with Gasteiger partial charge >= 0.3 is 0 Å². The molecule has 2 aromatic rings. The minimum absolute atomic E-state index is 0.608. The zero-order chi connectivity index (χ0) is 14.2. The SMILES string of the molecule is S=C(NCCCc1ccccc1Cl)Nc1cccnc1. The van der Waals surface area contributed by atoms with E-state index in [-0.39, 0.29) is 0 Å². The smallest absolute Gasteiger partial charge is 0.170 e. The molecule has 0 atom stereocenters. The number of nitrogens with zero attached hydrogens (tertiary/aromatic N) is 1. The molecule has 0 amide bonds. The first-order valence-electron chi connectivity index (χ1n) is 6.44. The molecule has 0 aliphatic rings. The molecule has 0 saturated heterocycles. The maximum Gasteiger partial charge on any atom is 0.170 e. The average molecular weight is 306 g/mol. The van der Waals surface area contributed by atoms with Gasteiger partial charge in [0.1, 0.15) is 0 Å². The molecule has 104 valence electrons. The van der Waals surface area contributed by atoms with Gasteiger partial charge in [0.2, 0.25) is 0 Å². The molecule has 0 bridgehead atoms. The fourth-order valence-electron chi connectivity index (χ4n) is 1.79. The highest BCUT2D eigenvalue weighted by Crippen LogP contribution is 2.16. The summed E-state index contributed by atoms with van der Waals surface area (Å²) >= 11 is 11.3. The molecule has 0 spiro atoms. The largest absolute Gasteiger partial charge is 0.362 e. The topological polar surface area (TPSA) is 37.0 Å². The summed E-state index contributed by atoms with van der Waals surface area (Å²) in [5, 5.41) is 7.69. The molecule has 1 heterocycles. The van der Waals surface area contributed by atoms with Gasteiger partial charge in [-0.25, -0.2) is 0 Å². The number of benzene rings is 1. The summed E-state index contributed by atoms with van der Waals surface area (Å²) in [6.07, 6.45) is 5.36. The first-order valence-corrected chi connectivity index (χ1v) is 7.22. The molecule has 2 rings (SSSR count). The molecule has 20 heavy (non-hydrogen) atoms. The predicted molar refractivity (Wildman–Crippen MR) is 88.2 cm³/mol. The van der Waals surface area contributed by atoms with E-state index in [0.29, 0.717) is 5.11 Å². The Morgan fingerprint density at radius 1 is 1.20 bits per heavy atom. The summed E-state index contributed by atoms with van der Waals surface area (Å²) in [5.41, 5.74) is 2.05. The lowest BCUT2D eigenvalue weighted by Gasteiger charge is -2.10. The number of hydrogen-bond donors (Lipinski definition) is 2. The molecule has 0 radical (unpaired) electrons. The number of nitrogens with one attached hydrogen (secondary N) is 2. The fourth-order valence-corrected chi connectivity index (χ4v) is 2.24. The number of halogens is 1. The van der Waals surface area contributed by atoms with Crippen LogP contribution in [0.4, 0.5) is 5.69 Å². The molecule has 0 saturated carbocycles. The van der Waals surface area contributed by atoms with Crippen molar-refractivity contribution in [1.82, 2.24) is 10.3 Å². The molecule has 1 aromatic heterocycles. The number of aromatic nitrogens is 1. The average Bonchev–Trinajstić information content (AvgIpc) is 2.46. The first kappa shape index (κ1) is 14.8. The van der Waals surface area contributed by atoms with Crippen LogP contribution < -0.4 is 10.6 Å². The van der Waals surface area contributed by atoms with Gasteiger partial charge in [0.15, 0.2) is 5.11 Å². The van der Waals surface area contributed by atoms with Gasteiger partial charge in [-0.3, -0.25) is 4.98 Å². The van der Waals surface area contributed by atoms with E-state index in [9.17, 15) is 0 Å². The van der Waals surface area contributed by atoms with Crippen molar-refractivity contribution in [2.75, 3.05) is 11.9 Å². The van der Waals surface area contributed by atoms with Crippen molar-refractivity contribution in [3.8, 4) is 0 Å². The summed E-state index contributed by atoms with van der Waals surface area (Å²) in [6, 6.07) is 11.7. The summed E-state index contributed by atoms with van der Waals surface area (Å²) in [6.45, 7) is 0.803. The maximum absolute atomic E-state index is 6.11. The van der Waals surface area contributed by atoms with Gasteiger partial charge in [0.25, 0.3) is 0 Å². The van der Waals surface area contributed by atoms with Crippen molar-refractivity contribution < 1.29 is 0 Å². The van der Waals surface area contributed by atoms with E-state index in [1.54, 1.807) is 12.4 Å². The highest BCUT2D eigenvalue weighted by atomic mass is 35.5. The Bertz CT molecular complexity index is 560. The van der Waals surface area contributed by atoms with E-state index in [0.717, 1.165) is 30.1 Å². The summed E-state index contributed by atoms with van der Waals surface area (Å²) < 4.78 is 0. The molecule has 3 nitrogen and oxygen atoms in total. The third-order valence-corrected chi connectivity index (χ3v) is 3.40. The number of rotatable bonds is 5. The van der Waals surface area contributed by atoms with Gasteiger partial charge < -0.3 is 10.6 Å². The predicted octanol–water partition coefficient (Wildman–Crippen LogP) is 3.65. The van der Waals surface area contributed by atoms with Crippen molar-refractivity contribution in [1.29, 1.82) is 0 Å². The summed E-state index contributed by atoms with van der Waals surface area (Å²) in [4.78, 5) is 4.02. The lowest BCUT2D eigenvalue weighted by Crippen LogP contribution is -2.29. The van der Waals surface area contributed by atoms with Crippen LogP contribution in [0.25, 0.3) is 0 Å².